The summed E-state index contributed by atoms with van der Waals surface area (Å²) in [5.74, 6) is 2.53. The molecule has 0 aromatic carbocycles. The smallest absolute Gasteiger partial charge is 0.151 e. The number of nitrogens with one attached hydrogen (secondary N) is 1. The minimum atomic E-state index is 0.577. The number of imidazole rings is 1. The second-order valence-corrected chi connectivity index (χ2v) is 6.53. The Morgan fingerprint density at radius 1 is 1.36 bits per heavy atom. The number of fused-ring (bicyclic) bond motifs is 1. The van der Waals surface area contributed by atoms with Crippen LogP contribution in [-0.4, -0.2) is 51.2 Å². The van der Waals surface area contributed by atoms with Gasteiger partial charge in [-0.3, -0.25) is 4.90 Å². The van der Waals surface area contributed by atoms with Crippen molar-refractivity contribution in [2.24, 2.45) is 11.8 Å². The van der Waals surface area contributed by atoms with Gasteiger partial charge in [0.2, 0.25) is 0 Å². The largest absolute Gasteiger partial charge is 0.355 e. The summed E-state index contributed by atoms with van der Waals surface area (Å²) < 4.78 is 0. The summed E-state index contributed by atoms with van der Waals surface area (Å²) in [6.07, 6.45) is 8.00. The summed E-state index contributed by atoms with van der Waals surface area (Å²) in [5.41, 5.74) is 1.21. The molecule has 1 saturated carbocycles. The molecule has 3 heterocycles. The molecule has 22 heavy (non-hydrogen) atoms. The Kier molecular flexibility index (Phi) is 3.54. The Labute approximate surface area is 130 Å². The Balaban J connectivity index is 1.44. The molecule has 0 unspecified atom stereocenters. The van der Waals surface area contributed by atoms with Crippen LogP contribution in [0.4, 0.5) is 5.82 Å². The average molecular weight is 298 g/mol. The highest BCUT2D eigenvalue weighted by molar-refractivity contribution is 5.37. The molecular formula is C16H22N6. The van der Waals surface area contributed by atoms with Crippen LogP contribution in [0, 0.1) is 11.8 Å². The zero-order valence-corrected chi connectivity index (χ0v) is 12.9. The monoisotopic (exact) mass is 298 g/mol. The van der Waals surface area contributed by atoms with Crippen LogP contribution in [0.5, 0.6) is 0 Å². The predicted octanol–water partition coefficient (Wildman–Crippen LogP) is 1.55. The highest BCUT2D eigenvalue weighted by Crippen LogP contribution is 2.41. The van der Waals surface area contributed by atoms with Crippen molar-refractivity contribution < 1.29 is 0 Å². The van der Waals surface area contributed by atoms with Crippen LogP contribution in [-0.2, 0) is 6.54 Å². The van der Waals surface area contributed by atoms with E-state index in [0.717, 1.165) is 24.2 Å². The van der Waals surface area contributed by atoms with Crippen molar-refractivity contribution in [1.29, 1.82) is 0 Å². The van der Waals surface area contributed by atoms with E-state index in [2.05, 4.69) is 43.1 Å². The Morgan fingerprint density at radius 2 is 2.32 bits per heavy atom. The van der Waals surface area contributed by atoms with E-state index in [9.17, 15) is 0 Å². The molecule has 1 N–H and O–H groups in total. The van der Waals surface area contributed by atoms with Gasteiger partial charge in [0, 0.05) is 50.8 Å². The van der Waals surface area contributed by atoms with Crippen LogP contribution >= 0.6 is 0 Å². The van der Waals surface area contributed by atoms with Gasteiger partial charge in [-0.25, -0.2) is 4.98 Å². The van der Waals surface area contributed by atoms with Crippen LogP contribution < -0.4 is 4.90 Å². The number of hydrogen-bond acceptors (Lipinski definition) is 5. The Morgan fingerprint density at radius 3 is 3.09 bits per heavy atom. The van der Waals surface area contributed by atoms with Crippen molar-refractivity contribution in [3.8, 4) is 0 Å². The highest BCUT2D eigenvalue weighted by atomic mass is 15.3. The summed E-state index contributed by atoms with van der Waals surface area (Å²) in [7, 11) is 2.16. The molecule has 0 spiro atoms. The highest BCUT2D eigenvalue weighted by Gasteiger charge is 2.44. The summed E-state index contributed by atoms with van der Waals surface area (Å²) >= 11 is 0. The van der Waals surface area contributed by atoms with E-state index in [1.807, 2.05) is 12.3 Å². The maximum absolute atomic E-state index is 4.27. The first-order chi connectivity index (χ1) is 10.8. The normalized spacial score (nSPS) is 28.0. The lowest BCUT2D eigenvalue weighted by atomic mass is 9.97. The SMILES string of the molecule is CN(c1cccnn1)[C@@H]1CC[C@@H]2CN(Cc3cnc[nH]3)C[C@@H]21. The van der Waals surface area contributed by atoms with Gasteiger partial charge < -0.3 is 9.88 Å². The molecule has 2 aromatic heterocycles. The molecule has 1 aliphatic carbocycles. The van der Waals surface area contributed by atoms with Crippen molar-refractivity contribution in [1.82, 2.24) is 25.1 Å². The Hall–Kier alpha value is -1.95. The van der Waals surface area contributed by atoms with Gasteiger partial charge in [0.05, 0.1) is 6.33 Å². The molecule has 0 bridgehead atoms. The van der Waals surface area contributed by atoms with Crippen molar-refractivity contribution in [3.63, 3.8) is 0 Å². The maximum atomic E-state index is 4.27. The predicted molar refractivity (Wildman–Crippen MR) is 84.3 cm³/mol. The topological polar surface area (TPSA) is 60.9 Å². The second kappa shape index (κ2) is 5.68. The molecule has 6 nitrogen and oxygen atoms in total. The van der Waals surface area contributed by atoms with E-state index in [0.29, 0.717) is 6.04 Å². The quantitative estimate of drug-likeness (QED) is 0.928. The number of H-pyrrole nitrogens is 1. The number of rotatable bonds is 4. The van der Waals surface area contributed by atoms with Gasteiger partial charge in [-0.2, -0.15) is 5.10 Å². The molecule has 4 rings (SSSR count). The Bertz CT molecular complexity index is 598. The fourth-order valence-electron chi connectivity index (χ4n) is 4.20. The molecule has 2 fully saturated rings. The molecule has 3 atom stereocenters. The minimum Gasteiger partial charge on any atom is -0.355 e. The third-order valence-electron chi connectivity index (χ3n) is 5.26. The molecule has 6 heteroatoms. The van der Waals surface area contributed by atoms with Gasteiger partial charge in [-0.15, -0.1) is 5.10 Å². The molecule has 1 saturated heterocycles. The maximum Gasteiger partial charge on any atom is 0.151 e. The van der Waals surface area contributed by atoms with Gasteiger partial charge in [-0.05, 0) is 36.8 Å². The van der Waals surface area contributed by atoms with Crippen molar-refractivity contribution in [2.45, 2.75) is 25.4 Å². The fraction of sp³-hybridized carbons (Fsp3) is 0.562. The first kappa shape index (κ1) is 13.7. The zero-order valence-electron chi connectivity index (χ0n) is 12.9. The first-order valence-electron chi connectivity index (χ1n) is 8.01. The standard InChI is InChI=1S/C16H22N6/c1-21(16-3-2-6-19-20-16)15-5-4-12-8-22(10-14(12)15)9-13-7-17-11-18-13/h2-3,6-7,11-12,14-15H,4-5,8-10H2,1H3,(H,17,18)/t12-,14+,15-/m1/s1. The van der Waals surface area contributed by atoms with E-state index in [4.69, 9.17) is 0 Å². The summed E-state index contributed by atoms with van der Waals surface area (Å²) in [6.45, 7) is 3.35. The molecule has 2 aliphatic rings. The third kappa shape index (κ3) is 2.47. The van der Waals surface area contributed by atoms with E-state index in [1.54, 1.807) is 12.5 Å². The van der Waals surface area contributed by atoms with E-state index < -0.39 is 0 Å². The van der Waals surface area contributed by atoms with Crippen LogP contribution in [0.1, 0.15) is 18.5 Å². The molecule has 0 amide bonds. The van der Waals surface area contributed by atoms with Gasteiger partial charge in [0.15, 0.2) is 5.82 Å². The lowest BCUT2D eigenvalue weighted by Crippen LogP contribution is -2.38. The zero-order chi connectivity index (χ0) is 14.9. The van der Waals surface area contributed by atoms with Gasteiger partial charge in [0.25, 0.3) is 0 Å². The first-order valence-corrected chi connectivity index (χ1v) is 8.01. The van der Waals surface area contributed by atoms with Gasteiger partial charge in [-0.1, -0.05) is 0 Å². The third-order valence-corrected chi connectivity index (χ3v) is 5.26. The lowest BCUT2D eigenvalue weighted by Gasteiger charge is -2.30. The molecule has 0 radical (unpaired) electrons. The molecule has 2 aromatic rings. The number of aromatic nitrogens is 4. The summed E-state index contributed by atoms with van der Waals surface area (Å²) in [5, 5.41) is 8.28. The van der Waals surface area contributed by atoms with E-state index in [-0.39, 0.29) is 0 Å². The van der Waals surface area contributed by atoms with Crippen LogP contribution in [0.15, 0.2) is 30.9 Å². The number of hydrogen-bond donors (Lipinski definition) is 1. The van der Waals surface area contributed by atoms with Crippen molar-refractivity contribution in [3.05, 3.63) is 36.5 Å². The van der Waals surface area contributed by atoms with Crippen LogP contribution in [0.25, 0.3) is 0 Å². The second-order valence-electron chi connectivity index (χ2n) is 6.53. The van der Waals surface area contributed by atoms with Gasteiger partial charge in [0.1, 0.15) is 0 Å². The summed E-state index contributed by atoms with van der Waals surface area (Å²) in [6, 6.07) is 4.59. The van der Waals surface area contributed by atoms with E-state index >= 15 is 0 Å². The van der Waals surface area contributed by atoms with E-state index in [1.165, 1.54) is 31.6 Å². The lowest BCUT2D eigenvalue weighted by molar-refractivity contribution is 0.294. The fourth-order valence-corrected chi connectivity index (χ4v) is 4.20. The van der Waals surface area contributed by atoms with Gasteiger partial charge >= 0.3 is 0 Å². The minimum absolute atomic E-state index is 0.577. The molecule has 116 valence electrons. The number of nitrogens with zero attached hydrogens (tertiary/aromatic N) is 5. The van der Waals surface area contributed by atoms with Crippen LogP contribution in [0.2, 0.25) is 0 Å². The number of anilines is 1. The van der Waals surface area contributed by atoms with Crippen molar-refractivity contribution in [2.75, 3.05) is 25.0 Å². The average Bonchev–Trinajstić information content (AvgIpc) is 3.25. The number of likely N-dealkylation sites (tertiary alicyclic amines) is 1. The molecular weight excluding hydrogens is 276 g/mol. The molecule has 1 aliphatic heterocycles. The number of aromatic amines is 1. The van der Waals surface area contributed by atoms with Crippen LogP contribution in [0.3, 0.4) is 0 Å². The summed E-state index contributed by atoms with van der Waals surface area (Å²) in [4.78, 5) is 12.2. The van der Waals surface area contributed by atoms with Crippen molar-refractivity contribution >= 4 is 5.82 Å².